The number of likely N-dealkylation sites (tertiary alicyclic amines) is 1. The molecule has 1 fully saturated rings. The number of nitrogens with zero attached hydrogens (tertiary/aromatic N) is 1. The minimum Gasteiger partial charge on any atom is -0.481 e. The molecule has 22 heteroatoms. The van der Waals surface area contributed by atoms with E-state index in [1.54, 1.807) is 27.7 Å². The van der Waals surface area contributed by atoms with Crippen LogP contribution in [0.15, 0.2) is 0 Å². The summed E-state index contributed by atoms with van der Waals surface area (Å²) >= 11 is 0. The largest absolute Gasteiger partial charge is 0.481 e. The van der Waals surface area contributed by atoms with Gasteiger partial charge in [0, 0.05) is 13.0 Å². The second kappa shape index (κ2) is 25.5. The van der Waals surface area contributed by atoms with Gasteiger partial charge in [0.2, 0.25) is 41.4 Å². The lowest BCUT2D eigenvalue weighted by molar-refractivity contribution is -0.147. The Morgan fingerprint density at radius 3 is 1.83 bits per heavy atom. The van der Waals surface area contributed by atoms with Crippen molar-refractivity contribution in [3.05, 3.63) is 0 Å². The molecule has 0 spiro atoms. The average molecular weight is 844 g/mol. The third kappa shape index (κ3) is 17.4. The summed E-state index contributed by atoms with van der Waals surface area (Å²) in [4.78, 5) is 117. The number of rotatable bonds is 26. The summed E-state index contributed by atoms with van der Waals surface area (Å²) in [5.74, 6) is -8.95. The number of nitrogens with two attached hydrogens (primary N) is 2. The predicted molar refractivity (Wildman–Crippen MR) is 210 cm³/mol. The highest BCUT2D eigenvalue weighted by atomic mass is 16.4. The van der Waals surface area contributed by atoms with Crippen molar-refractivity contribution in [2.75, 3.05) is 19.7 Å². The molecule has 1 saturated heterocycles. The van der Waals surface area contributed by atoms with Crippen LogP contribution in [0, 0.1) is 11.8 Å². The molecule has 7 amide bonds. The van der Waals surface area contributed by atoms with Crippen molar-refractivity contribution in [1.29, 1.82) is 0 Å². The van der Waals surface area contributed by atoms with Crippen LogP contribution in [-0.4, -0.2) is 153 Å². The molecule has 1 rings (SSSR count). The number of aliphatic hydroxyl groups is 2. The Kier molecular flexibility index (Phi) is 22.5. The van der Waals surface area contributed by atoms with Gasteiger partial charge in [0.25, 0.3) is 0 Å². The van der Waals surface area contributed by atoms with E-state index in [9.17, 15) is 58.5 Å². The highest BCUT2D eigenvalue weighted by Crippen LogP contribution is 2.21. The van der Waals surface area contributed by atoms with Gasteiger partial charge in [0.15, 0.2) is 6.04 Å². The van der Waals surface area contributed by atoms with Gasteiger partial charge in [-0.05, 0) is 77.2 Å². The average Bonchev–Trinajstić information content (AvgIpc) is 3.65. The van der Waals surface area contributed by atoms with Crippen molar-refractivity contribution in [2.45, 2.75) is 147 Å². The molecule has 14 N–H and O–H groups in total. The first-order chi connectivity index (χ1) is 27.5. The van der Waals surface area contributed by atoms with E-state index in [0.717, 1.165) is 0 Å². The Morgan fingerprint density at radius 1 is 0.712 bits per heavy atom. The van der Waals surface area contributed by atoms with Crippen molar-refractivity contribution in [3.8, 4) is 0 Å². The number of carbonyl (C=O) groups is 9. The summed E-state index contributed by atoms with van der Waals surface area (Å²) in [6.07, 6.45) is -0.283. The van der Waals surface area contributed by atoms with Crippen LogP contribution in [0.4, 0.5) is 0 Å². The van der Waals surface area contributed by atoms with Crippen LogP contribution in [0.1, 0.15) is 92.9 Å². The summed E-state index contributed by atoms with van der Waals surface area (Å²) < 4.78 is 0. The maximum Gasteiger partial charge on any atom is 0.328 e. The van der Waals surface area contributed by atoms with Crippen molar-refractivity contribution in [1.82, 2.24) is 36.8 Å². The van der Waals surface area contributed by atoms with E-state index in [2.05, 4.69) is 31.9 Å². The Hall–Kier alpha value is -4.93. The number of amides is 7. The maximum atomic E-state index is 13.9. The molecule has 9 atom stereocenters. The smallest absolute Gasteiger partial charge is 0.328 e. The summed E-state index contributed by atoms with van der Waals surface area (Å²) in [5.41, 5.74) is 11.4. The Bertz CT molecular complexity index is 1480. The topological polar surface area (TPSA) is 362 Å². The van der Waals surface area contributed by atoms with Gasteiger partial charge in [-0.2, -0.15) is 0 Å². The lowest BCUT2D eigenvalue weighted by Crippen LogP contribution is -2.61. The molecule has 1 aliphatic rings. The van der Waals surface area contributed by atoms with Gasteiger partial charge in [-0.3, -0.25) is 38.4 Å². The highest BCUT2D eigenvalue weighted by Gasteiger charge is 2.40. The first-order valence-corrected chi connectivity index (χ1v) is 19.9. The Balaban J connectivity index is 3.15. The number of hydrogen-bond donors (Lipinski definition) is 12. The van der Waals surface area contributed by atoms with Crippen molar-refractivity contribution in [3.63, 3.8) is 0 Å². The fraction of sp³-hybridized carbons (Fsp3) is 0.757. The van der Waals surface area contributed by atoms with Crippen LogP contribution in [-0.2, 0) is 43.2 Å². The molecular weight excluding hydrogens is 778 g/mol. The molecule has 0 aromatic rings. The fourth-order valence-corrected chi connectivity index (χ4v) is 6.20. The summed E-state index contributed by atoms with van der Waals surface area (Å²) in [7, 11) is 0. The molecule has 1 heterocycles. The van der Waals surface area contributed by atoms with Crippen LogP contribution in [0.3, 0.4) is 0 Å². The monoisotopic (exact) mass is 843 g/mol. The number of hydrogen-bond acceptors (Lipinski definition) is 13. The van der Waals surface area contributed by atoms with Crippen LogP contribution in [0.5, 0.6) is 0 Å². The number of carbonyl (C=O) groups excluding carboxylic acids is 7. The molecule has 22 nitrogen and oxygen atoms in total. The third-order valence-corrected chi connectivity index (χ3v) is 9.61. The van der Waals surface area contributed by atoms with E-state index in [0.29, 0.717) is 25.8 Å². The molecule has 0 aromatic carbocycles. The second-order valence-electron chi connectivity index (χ2n) is 15.5. The van der Waals surface area contributed by atoms with Crippen molar-refractivity contribution in [2.24, 2.45) is 23.3 Å². The molecule has 336 valence electrons. The molecule has 0 bridgehead atoms. The standard InChI is InChI=1S/C37H65N9O13/c1-18(2)16-24(32(53)41-23(10-7-8-14-38)36(57)46-15-9-11-26(46)34(55)45-29(21(6)48)37(58)59)42-33(54)25(17-47)43-35(56)28(19(3)4)44-30(51)20(5)40-31(52)22(39)12-13-27(49)50/h18-26,28-29,47-48H,7-17,38-39H2,1-6H3,(H,40,52)(H,41,53)(H,42,54)(H,43,56)(H,44,51)(H,45,55)(H,49,50)(H,58,59)/t20-,21+,22-,23-,24-,25-,26-,28-,29?/m0/s1. The number of aliphatic carboxylic acids is 2. The van der Waals surface area contributed by atoms with E-state index in [1.165, 1.54) is 18.7 Å². The summed E-state index contributed by atoms with van der Waals surface area (Å²) in [6.45, 7) is 8.77. The quantitative estimate of drug-likeness (QED) is 0.0374. The number of carboxylic acids is 2. The van der Waals surface area contributed by atoms with Gasteiger partial charge in [0.1, 0.15) is 36.3 Å². The SMILES string of the molecule is CC(C)C[C@H](NC(=O)[C@H](CO)NC(=O)[C@@H](NC(=O)[C@H](C)NC(=O)[C@@H](N)CCC(=O)O)C(C)C)C(=O)N[C@@H](CCCCN)C(=O)N1CCC[C@H]1C(=O)NC(C(=O)O)[C@@H](C)O. The highest BCUT2D eigenvalue weighted by molar-refractivity contribution is 5.97. The zero-order chi connectivity index (χ0) is 45.1. The van der Waals surface area contributed by atoms with Gasteiger partial charge in [-0.25, -0.2) is 4.79 Å². The molecule has 59 heavy (non-hydrogen) atoms. The van der Waals surface area contributed by atoms with Gasteiger partial charge >= 0.3 is 11.9 Å². The van der Waals surface area contributed by atoms with Gasteiger partial charge in [-0.1, -0.05) is 27.7 Å². The van der Waals surface area contributed by atoms with Crippen LogP contribution in [0.2, 0.25) is 0 Å². The molecule has 0 aromatic heterocycles. The normalized spacial score (nSPS) is 18.0. The first kappa shape index (κ1) is 52.1. The maximum absolute atomic E-state index is 13.9. The van der Waals surface area contributed by atoms with E-state index < -0.39 is 120 Å². The Morgan fingerprint density at radius 2 is 1.31 bits per heavy atom. The molecule has 0 aliphatic carbocycles. The lowest BCUT2D eigenvalue weighted by Gasteiger charge is -2.31. The molecule has 1 unspecified atom stereocenters. The summed E-state index contributed by atoms with van der Waals surface area (Å²) in [6, 6.07) is -10.4. The minimum absolute atomic E-state index is 0.0618. The number of nitrogens with one attached hydrogen (secondary N) is 6. The van der Waals surface area contributed by atoms with Crippen LogP contribution < -0.4 is 43.4 Å². The van der Waals surface area contributed by atoms with Crippen molar-refractivity contribution < 1.29 is 63.6 Å². The molecule has 0 radical (unpaired) electrons. The van der Waals surface area contributed by atoms with E-state index in [4.69, 9.17) is 16.6 Å². The van der Waals surface area contributed by atoms with Gasteiger partial charge < -0.3 is 68.7 Å². The fourth-order valence-electron chi connectivity index (χ4n) is 6.20. The van der Waals surface area contributed by atoms with E-state index in [1.807, 2.05) is 0 Å². The molecule has 0 saturated carbocycles. The number of aliphatic hydroxyl groups excluding tert-OH is 2. The predicted octanol–water partition coefficient (Wildman–Crippen LogP) is -3.61. The van der Waals surface area contributed by atoms with Crippen LogP contribution in [0.25, 0.3) is 0 Å². The third-order valence-electron chi connectivity index (χ3n) is 9.61. The minimum atomic E-state index is -1.62. The van der Waals surface area contributed by atoms with Gasteiger partial charge in [0.05, 0.1) is 18.8 Å². The Labute approximate surface area is 343 Å². The zero-order valence-electron chi connectivity index (χ0n) is 34.7. The van der Waals surface area contributed by atoms with E-state index >= 15 is 0 Å². The molecule has 1 aliphatic heterocycles. The number of unbranched alkanes of at least 4 members (excludes halogenated alkanes) is 1. The second-order valence-corrected chi connectivity index (χ2v) is 15.5. The van der Waals surface area contributed by atoms with E-state index in [-0.39, 0.29) is 44.6 Å². The van der Waals surface area contributed by atoms with Crippen LogP contribution >= 0.6 is 0 Å². The van der Waals surface area contributed by atoms with Crippen molar-refractivity contribution >= 4 is 53.3 Å². The zero-order valence-corrected chi connectivity index (χ0v) is 34.7. The lowest BCUT2D eigenvalue weighted by atomic mass is 10.0. The summed E-state index contributed by atoms with van der Waals surface area (Å²) in [5, 5.41) is 52.9. The van der Waals surface area contributed by atoms with Gasteiger partial charge in [-0.15, -0.1) is 0 Å². The molecular formula is C37H65N9O13. The number of carboxylic acid groups (broad SMARTS) is 2. The first-order valence-electron chi connectivity index (χ1n) is 19.9.